The second-order valence-corrected chi connectivity index (χ2v) is 3.34. The number of carboxylic acids is 1. The number of unbranched alkanes of at least 4 members (excludes halogenated alkanes) is 1. The first-order valence-electron chi connectivity index (χ1n) is 4.58. The smallest absolute Gasteiger partial charge is 0.345 e. The molecule has 2 atom stereocenters. The largest absolute Gasteiger partial charge is 0.479 e. The zero-order chi connectivity index (χ0) is 9.84. The quantitative estimate of drug-likeness (QED) is 0.670. The molecule has 0 unspecified atom stereocenters. The minimum absolute atomic E-state index is 0.193. The highest BCUT2D eigenvalue weighted by Gasteiger charge is 2.37. The van der Waals surface area contributed by atoms with Gasteiger partial charge in [0.15, 0.2) is 6.10 Å². The number of carboxylic acid groups (broad SMARTS) is 1. The van der Waals surface area contributed by atoms with Crippen LogP contribution >= 0.6 is 0 Å². The summed E-state index contributed by atoms with van der Waals surface area (Å²) in [6.07, 6.45) is 2.15. The molecule has 0 radical (unpaired) electrons. The Morgan fingerprint density at radius 1 is 1.69 bits per heavy atom. The zero-order valence-electron chi connectivity index (χ0n) is 7.66. The normalized spacial score (nSPS) is 27.3. The molecule has 1 saturated heterocycles. The van der Waals surface area contributed by atoms with Gasteiger partial charge in [0.1, 0.15) is 0 Å². The molecular formula is C9H14O4. The third-order valence-corrected chi connectivity index (χ3v) is 2.27. The average Bonchev–Trinajstić information content (AvgIpc) is 2.44. The molecule has 0 aliphatic carbocycles. The summed E-state index contributed by atoms with van der Waals surface area (Å²) in [6, 6.07) is 0. The van der Waals surface area contributed by atoms with E-state index in [1.807, 2.05) is 6.92 Å². The summed E-state index contributed by atoms with van der Waals surface area (Å²) in [5.41, 5.74) is 0. The van der Waals surface area contributed by atoms with E-state index in [2.05, 4.69) is 0 Å². The van der Waals surface area contributed by atoms with Gasteiger partial charge in [0.2, 0.25) is 0 Å². The van der Waals surface area contributed by atoms with Gasteiger partial charge in [-0.2, -0.15) is 0 Å². The summed E-state index contributed by atoms with van der Waals surface area (Å²) in [4.78, 5) is 21.6. The standard InChI is InChI=1S/C9H14O4/c1-2-3-4-6-5-7(8(10)11)13-9(6)12/h6-7H,2-5H2,1H3,(H,10,11)/t6-,7-/m0/s1. The van der Waals surface area contributed by atoms with Crippen LogP contribution < -0.4 is 0 Å². The van der Waals surface area contributed by atoms with E-state index in [1.54, 1.807) is 0 Å². The molecule has 1 fully saturated rings. The fourth-order valence-corrected chi connectivity index (χ4v) is 1.48. The molecule has 13 heavy (non-hydrogen) atoms. The Labute approximate surface area is 76.9 Å². The molecule has 0 saturated carbocycles. The van der Waals surface area contributed by atoms with Gasteiger partial charge in [-0.05, 0) is 6.42 Å². The molecule has 4 heteroatoms. The molecule has 4 nitrogen and oxygen atoms in total. The first-order chi connectivity index (χ1) is 6.15. The van der Waals surface area contributed by atoms with Crippen LogP contribution in [0.3, 0.4) is 0 Å². The van der Waals surface area contributed by atoms with Crippen molar-refractivity contribution < 1.29 is 19.4 Å². The summed E-state index contributed by atoms with van der Waals surface area (Å²) in [5.74, 6) is -1.57. The number of carbonyl (C=O) groups excluding carboxylic acids is 1. The summed E-state index contributed by atoms with van der Waals surface area (Å²) in [5, 5.41) is 8.60. The van der Waals surface area contributed by atoms with Gasteiger partial charge in [-0.25, -0.2) is 4.79 Å². The maximum absolute atomic E-state index is 11.1. The van der Waals surface area contributed by atoms with Gasteiger partial charge >= 0.3 is 11.9 Å². The van der Waals surface area contributed by atoms with Crippen LogP contribution in [0.1, 0.15) is 32.6 Å². The van der Waals surface area contributed by atoms with Crippen molar-refractivity contribution in [2.24, 2.45) is 5.92 Å². The predicted octanol–water partition coefficient (Wildman–Crippen LogP) is 1.19. The number of esters is 1. The van der Waals surface area contributed by atoms with E-state index in [0.29, 0.717) is 6.42 Å². The minimum Gasteiger partial charge on any atom is -0.479 e. The first kappa shape index (κ1) is 10.0. The summed E-state index contributed by atoms with van der Waals surface area (Å²) < 4.78 is 4.69. The third kappa shape index (κ3) is 2.44. The molecule has 1 aliphatic rings. The second-order valence-electron chi connectivity index (χ2n) is 3.34. The molecule has 0 aromatic carbocycles. The van der Waals surface area contributed by atoms with Crippen LogP contribution in [0.4, 0.5) is 0 Å². The van der Waals surface area contributed by atoms with Crippen LogP contribution in [0.2, 0.25) is 0 Å². The van der Waals surface area contributed by atoms with Gasteiger partial charge in [-0.1, -0.05) is 19.8 Å². The molecule has 0 aromatic heterocycles. The van der Waals surface area contributed by atoms with E-state index in [1.165, 1.54) is 0 Å². The summed E-state index contributed by atoms with van der Waals surface area (Å²) in [7, 11) is 0. The zero-order valence-corrected chi connectivity index (χ0v) is 7.66. The van der Waals surface area contributed by atoms with Crippen molar-refractivity contribution in [1.82, 2.24) is 0 Å². The van der Waals surface area contributed by atoms with Crippen molar-refractivity contribution in [3.63, 3.8) is 0 Å². The highest BCUT2D eigenvalue weighted by molar-refractivity contribution is 5.83. The third-order valence-electron chi connectivity index (χ3n) is 2.27. The van der Waals surface area contributed by atoms with Crippen LogP contribution in [0.25, 0.3) is 0 Å². The Kier molecular flexibility index (Phi) is 3.28. The average molecular weight is 186 g/mol. The van der Waals surface area contributed by atoms with E-state index in [-0.39, 0.29) is 11.9 Å². The van der Waals surface area contributed by atoms with Crippen molar-refractivity contribution in [3.05, 3.63) is 0 Å². The molecule has 1 rings (SSSR count). The Morgan fingerprint density at radius 3 is 2.85 bits per heavy atom. The Bertz CT molecular complexity index is 212. The number of cyclic esters (lactones) is 1. The number of ether oxygens (including phenoxy) is 1. The molecule has 1 aliphatic heterocycles. The molecule has 0 spiro atoms. The number of hydrogen-bond acceptors (Lipinski definition) is 3. The van der Waals surface area contributed by atoms with Gasteiger partial charge in [0, 0.05) is 6.42 Å². The van der Waals surface area contributed by atoms with E-state index in [9.17, 15) is 9.59 Å². The lowest BCUT2D eigenvalue weighted by atomic mass is 9.98. The lowest BCUT2D eigenvalue weighted by Gasteiger charge is -2.01. The van der Waals surface area contributed by atoms with Crippen molar-refractivity contribution in [2.75, 3.05) is 0 Å². The number of aliphatic carboxylic acids is 1. The van der Waals surface area contributed by atoms with Crippen LogP contribution in [-0.4, -0.2) is 23.1 Å². The molecule has 0 aromatic rings. The van der Waals surface area contributed by atoms with Crippen LogP contribution in [0.5, 0.6) is 0 Å². The van der Waals surface area contributed by atoms with Gasteiger partial charge in [0.25, 0.3) is 0 Å². The SMILES string of the molecule is CCCC[C@H]1C[C@@H](C(=O)O)OC1=O. The van der Waals surface area contributed by atoms with Crippen molar-refractivity contribution in [1.29, 1.82) is 0 Å². The molecule has 1 N–H and O–H groups in total. The lowest BCUT2D eigenvalue weighted by molar-refractivity contribution is -0.157. The number of rotatable bonds is 4. The Morgan fingerprint density at radius 2 is 2.38 bits per heavy atom. The first-order valence-corrected chi connectivity index (χ1v) is 4.58. The van der Waals surface area contributed by atoms with Gasteiger partial charge < -0.3 is 9.84 Å². The fourth-order valence-electron chi connectivity index (χ4n) is 1.48. The van der Waals surface area contributed by atoms with Gasteiger partial charge in [0.05, 0.1) is 5.92 Å². The van der Waals surface area contributed by atoms with Crippen LogP contribution in [-0.2, 0) is 14.3 Å². The maximum Gasteiger partial charge on any atom is 0.345 e. The lowest BCUT2D eigenvalue weighted by Crippen LogP contribution is -2.18. The van der Waals surface area contributed by atoms with Crippen molar-refractivity contribution in [2.45, 2.75) is 38.7 Å². The Hall–Kier alpha value is -1.06. The molecular weight excluding hydrogens is 172 g/mol. The predicted molar refractivity (Wildman–Crippen MR) is 45.1 cm³/mol. The highest BCUT2D eigenvalue weighted by atomic mass is 16.6. The summed E-state index contributed by atoms with van der Waals surface area (Å²) in [6.45, 7) is 2.04. The van der Waals surface area contributed by atoms with Gasteiger partial charge in [-0.15, -0.1) is 0 Å². The maximum atomic E-state index is 11.1. The van der Waals surface area contributed by atoms with Crippen LogP contribution in [0.15, 0.2) is 0 Å². The molecule has 0 amide bonds. The topological polar surface area (TPSA) is 63.6 Å². The van der Waals surface area contributed by atoms with Crippen LogP contribution in [0, 0.1) is 5.92 Å². The number of carbonyl (C=O) groups is 2. The molecule has 1 heterocycles. The highest BCUT2D eigenvalue weighted by Crippen LogP contribution is 2.25. The van der Waals surface area contributed by atoms with E-state index >= 15 is 0 Å². The van der Waals surface area contributed by atoms with E-state index in [4.69, 9.17) is 9.84 Å². The van der Waals surface area contributed by atoms with Crippen molar-refractivity contribution >= 4 is 11.9 Å². The Balaban J connectivity index is 2.42. The summed E-state index contributed by atoms with van der Waals surface area (Å²) >= 11 is 0. The molecule has 0 bridgehead atoms. The second kappa shape index (κ2) is 4.25. The minimum atomic E-state index is -1.03. The number of hydrogen-bond donors (Lipinski definition) is 1. The van der Waals surface area contributed by atoms with Gasteiger partial charge in [-0.3, -0.25) is 4.79 Å². The molecule has 74 valence electrons. The van der Waals surface area contributed by atoms with E-state index < -0.39 is 12.1 Å². The van der Waals surface area contributed by atoms with Crippen molar-refractivity contribution in [3.8, 4) is 0 Å². The van der Waals surface area contributed by atoms with E-state index in [0.717, 1.165) is 19.3 Å². The monoisotopic (exact) mass is 186 g/mol. The fraction of sp³-hybridized carbons (Fsp3) is 0.778.